The Morgan fingerprint density at radius 3 is 2.24 bits per heavy atom. The van der Waals surface area contributed by atoms with Gasteiger partial charge in [0.15, 0.2) is 0 Å². The molecule has 0 saturated carbocycles. The van der Waals surface area contributed by atoms with Crippen molar-refractivity contribution in [1.29, 1.82) is 0 Å². The second-order valence-corrected chi connectivity index (χ2v) is 9.35. The number of benzene rings is 2. The molecule has 0 unspecified atom stereocenters. The van der Waals surface area contributed by atoms with Crippen molar-refractivity contribution in [3.63, 3.8) is 0 Å². The van der Waals surface area contributed by atoms with Crippen molar-refractivity contribution in [3.8, 4) is 11.1 Å². The van der Waals surface area contributed by atoms with E-state index in [9.17, 15) is 9.59 Å². The molecule has 180 valence electrons. The summed E-state index contributed by atoms with van der Waals surface area (Å²) < 4.78 is 20.4. The number of ether oxygens (including phenoxy) is 1. The molecule has 2 aromatic rings. The summed E-state index contributed by atoms with van der Waals surface area (Å²) in [4.78, 5) is 25.1. The minimum Gasteiger partial charge on any atom is -0.466 e. The number of halogens is 2. The van der Waals surface area contributed by atoms with E-state index in [2.05, 4.69) is 5.32 Å². The first-order valence-electron chi connectivity index (χ1n) is 11.2. The molecule has 33 heavy (non-hydrogen) atoms. The van der Waals surface area contributed by atoms with E-state index in [-0.39, 0.29) is 24.5 Å². The highest BCUT2D eigenvalue weighted by Gasteiger charge is 2.27. The number of carbonyl (C=O) groups excluding carboxylic acids is 2. The fraction of sp³-hybridized carbons (Fsp3) is 0.462. The summed E-state index contributed by atoms with van der Waals surface area (Å²) in [6.45, 7) is 11.4. The summed E-state index contributed by atoms with van der Waals surface area (Å²) in [5.74, 6) is -1.22. The second-order valence-electron chi connectivity index (χ2n) is 8.92. The quantitative estimate of drug-likeness (QED) is 0.464. The third-order valence-electron chi connectivity index (χ3n) is 5.50. The maximum atomic E-state index is 15.4. The lowest BCUT2D eigenvalue weighted by atomic mass is 9.90. The molecular weight excluding hydrogens is 443 g/mol. The number of nitrogens with two attached hydrogens (primary N) is 1. The molecule has 0 aromatic heterocycles. The van der Waals surface area contributed by atoms with Crippen LogP contribution in [-0.2, 0) is 14.3 Å². The Morgan fingerprint density at radius 1 is 1.09 bits per heavy atom. The van der Waals surface area contributed by atoms with Gasteiger partial charge in [0, 0.05) is 10.6 Å². The van der Waals surface area contributed by atoms with Gasteiger partial charge in [-0.05, 0) is 92.1 Å². The Morgan fingerprint density at radius 2 is 1.70 bits per heavy atom. The van der Waals surface area contributed by atoms with E-state index >= 15 is 4.39 Å². The van der Waals surface area contributed by atoms with Gasteiger partial charge in [-0.2, -0.15) is 0 Å². The van der Waals surface area contributed by atoms with Gasteiger partial charge in [0.2, 0.25) is 5.91 Å². The average molecular weight is 477 g/mol. The lowest BCUT2D eigenvalue weighted by Gasteiger charge is -2.24. The monoisotopic (exact) mass is 476 g/mol. The minimum absolute atomic E-state index is 0.192. The van der Waals surface area contributed by atoms with Crippen LogP contribution in [0.15, 0.2) is 24.3 Å². The van der Waals surface area contributed by atoms with Crippen LogP contribution >= 0.6 is 11.6 Å². The average Bonchev–Trinajstić information content (AvgIpc) is 2.68. The molecule has 0 aliphatic carbocycles. The zero-order chi connectivity index (χ0) is 24.9. The van der Waals surface area contributed by atoms with Crippen molar-refractivity contribution in [2.45, 2.75) is 66.5 Å². The zero-order valence-electron chi connectivity index (χ0n) is 20.2. The van der Waals surface area contributed by atoms with E-state index in [0.29, 0.717) is 17.0 Å². The van der Waals surface area contributed by atoms with Crippen LogP contribution in [0, 0.1) is 32.5 Å². The SMILES string of the molecule is CCOC(=O)C[C@H](NC(=O)[C@@H](N)CC(C)C)c1cc(-c2c(C)cc(Cl)cc2C)cc(C)c1F. The van der Waals surface area contributed by atoms with Gasteiger partial charge in [-0.15, -0.1) is 0 Å². The first-order valence-corrected chi connectivity index (χ1v) is 11.6. The predicted molar refractivity (Wildman–Crippen MR) is 131 cm³/mol. The molecular formula is C26H34ClFN2O3. The second kappa shape index (κ2) is 11.6. The molecule has 2 rings (SSSR count). The molecule has 3 N–H and O–H groups in total. The first kappa shape index (κ1) is 26.8. The molecule has 7 heteroatoms. The molecule has 0 spiro atoms. The van der Waals surface area contributed by atoms with Crippen LogP contribution in [0.5, 0.6) is 0 Å². The number of rotatable bonds is 9. The van der Waals surface area contributed by atoms with Crippen LogP contribution in [0.2, 0.25) is 5.02 Å². The fourth-order valence-electron chi connectivity index (χ4n) is 4.08. The Bertz CT molecular complexity index is 1000. The number of carbonyl (C=O) groups is 2. The topological polar surface area (TPSA) is 81.4 Å². The molecule has 0 fully saturated rings. The van der Waals surface area contributed by atoms with Crippen molar-refractivity contribution >= 4 is 23.5 Å². The number of aryl methyl sites for hydroxylation is 3. The van der Waals surface area contributed by atoms with Crippen LogP contribution in [0.1, 0.15) is 61.9 Å². The fourth-order valence-corrected chi connectivity index (χ4v) is 4.41. The molecule has 0 saturated heterocycles. The maximum absolute atomic E-state index is 15.4. The number of amides is 1. The number of hydrogen-bond donors (Lipinski definition) is 2. The Hall–Kier alpha value is -2.44. The van der Waals surface area contributed by atoms with Gasteiger partial charge >= 0.3 is 5.97 Å². The Kier molecular flexibility index (Phi) is 9.44. The Balaban J connectivity index is 2.55. The molecule has 5 nitrogen and oxygen atoms in total. The van der Waals surface area contributed by atoms with Gasteiger partial charge in [-0.1, -0.05) is 25.4 Å². The summed E-state index contributed by atoms with van der Waals surface area (Å²) in [5.41, 5.74) is 10.3. The molecule has 2 atom stereocenters. The summed E-state index contributed by atoms with van der Waals surface area (Å²) in [6.07, 6.45) is 0.273. The van der Waals surface area contributed by atoms with Crippen molar-refractivity contribution in [1.82, 2.24) is 5.32 Å². The lowest BCUT2D eigenvalue weighted by Crippen LogP contribution is -2.43. The van der Waals surface area contributed by atoms with Crippen molar-refractivity contribution in [2.75, 3.05) is 6.61 Å². The third kappa shape index (κ3) is 7.02. The number of esters is 1. The summed E-state index contributed by atoms with van der Waals surface area (Å²) in [7, 11) is 0. The third-order valence-corrected chi connectivity index (χ3v) is 5.72. The molecule has 2 aromatic carbocycles. The molecule has 0 aliphatic heterocycles. The molecule has 1 amide bonds. The zero-order valence-corrected chi connectivity index (χ0v) is 21.0. The minimum atomic E-state index is -0.915. The van der Waals surface area contributed by atoms with Crippen LogP contribution in [0.25, 0.3) is 11.1 Å². The van der Waals surface area contributed by atoms with Gasteiger partial charge in [0.1, 0.15) is 5.82 Å². The van der Waals surface area contributed by atoms with Crippen LogP contribution in [-0.4, -0.2) is 24.5 Å². The van der Waals surface area contributed by atoms with Gasteiger partial charge in [-0.3, -0.25) is 9.59 Å². The number of hydrogen-bond acceptors (Lipinski definition) is 4. The molecule has 0 aliphatic rings. The smallest absolute Gasteiger partial charge is 0.308 e. The standard InChI is InChI=1S/C26H34ClFN2O3/c1-7-33-23(31)13-22(30-26(32)21(29)8-14(2)3)20-12-18(9-17(6)25(20)28)24-15(4)10-19(27)11-16(24)5/h9-12,14,21-22H,7-8,13,29H2,1-6H3,(H,30,32)/t21-,22-/m0/s1. The van der Waals surface area contributed by atoms with Gasteiger partial charge in [0.25, 0.3) is 0 Å². The van der Waals surface area contributed by atoms with Crippen LogP contribution < -0.4 is 11.1 Å². The van der Waals surface area contributed by atoms with E-state index in [1.807, 2.05) is 39.8 Å². The maximum Gasteiger partial charge on any atom is 0.308 e. The van der Waals surface area contributed by atoms with Crippen LogP contribution in [0.4, 0.5) is 4.39 Å². The molecule has 0 heterocycles. The summed E-state index contributed by atoms with van der Waals surface area (Å²) >= 11 is 6.19. The van der Waals surface area contributed by atoms with E-state index in [4.69, 9.17) is 22.1 Å². The number of nitrogens with one attached hydrogen (secondary N) is 1. The van der Waals surface area contributed by atoms with Gasteiger partial charge < -0.3 is 15.8 Å². The molecule has 0 radical (unpaired) electrons. The predicted octanol–water partition coefficient (Wildman–Crippen LogP) is 5.56. The largest absolute Gasteiger partial charge is 0.466 e. The van der Waals surface area contributed by atoms with E-state index < -0.39 is 29.8 Å². The van der Waals surface area contributed by atoms with E-state index in [1.54, 1.807) is 26.0 Å². The normalized spacial score (nSPS) is 13.0. The van der Waals surface area contributed by atoms with Crippen molar-refractivity contribution in [3.05, 3.63) is 57.4 Å². The highest BCUT2D eigenvalue weighted by molar-refractivity contribution is 6.30. The van der Waals surface area contributed by atoms with Gasteiger partial charge in [-0.25, -0.2) is 4.39 Å². The first-order chi connectivity index (χ1) is 15.4. The summed E-state index contributed by atoms with van der Waals surface area (Å²) in [5, 5.41) is 3.41. The molecule has 0 bridgehead atoms. The summed E-state index contributed by atoms with van der Waals surface area (Å²) in [6, 6.07) is 5.47. The van der Waals surface area contributed by atoms with E-state index in [0.717, 1.165) is 22.3 Å². The van der Waals surface area contributed by atoms with E-state index in [1.165, 1.54) is 0 Å². The lowest BCUT2D eigenvalue weighted by molar-refractivity contribution is -0.143. The van der Waals surface area contributed by atoms with Crippen molar-refractivity contribution in [2.24, 2.45) is 11.7 Å². The van der Waals surface area contributed by atoms with Crippen LogP contribution in [0.3, 0.4) is 0 Å². The highest BCUT2D eigenvalue weighted by atomic mass is 35.5. The Labute approximate surface area is 200 Å². The van der Waals surface area contributed by atoms with Crippen molar-refractivity contribution < 1.29 is 18.7 Å². The van der Waals surface area contributed by atoms with Gasteiger partial charge in [0.05, 0.1) is 25.1 Å². The highest BCUT2D eigenvalue weighted by Crippen LogP contribution is 2.34.